The van der Waals surface area contributed by atoms with E-state index in [1.54, 1.807) is 16.2 Å². The Balaban J connectivity index is 1.98. The van der Waals surface area contributed by atoms with E-state index in [2.05, 4.69) is 11.4 Å². The zero-order chi connectivity index (χ0) is 13.1. The minimum Gasteiger partial charge on any atom is -0.343 e. The third kappa shape index (κ3) is 2.90. The Hall–Kier alpha value is -1.36. The highest BCUT2D eigenvalue weighted by Crippen LogP contribution is 2.14. The van der Waals surface area contributed by atoms with Crippen LogP contribution >= 0.6 is 11.3 Å². The van der Waals surface area contributed by atoms with Crippen molar-refractivity contribution in [3.8, 4) is 0 Å². The van der Waals surface area contributed by atoms with Crippen molar-refractivity contribution in [1.29, 1.82) is 0 Å². The average molecular weight is 266 g/mol. The molecule has 0 saturated carbocycles. The summed E-state index contributed by atoms with van der Waals surface area (Å²) in [6, 6.07) is 3.69. The highest BCUT2D eigenvalue weighted by molar-refractivity contribution is 7.09. The van der Waals surface area contributed by atoms with Gasteiger partial charge in [-0.15, -0.1) is 11.3 Å². The van der Waals surface area contributed by atoms with E-state index in [-0.39, 0.29) is 30.3 Å². The fourth-order valence-corrected chi connectivity index (χ4v) is 2.77. The van der Waals surface area contributed by atoms with Crippen molar-refractivity contribution in [3.63, 3.8) is 0 Å². The van der Waals surface area contributed by atoms with E-state index in [4.69, 9.17) is 0 Å². The molecule has 1 aliphatic rings. The average Bonchev–Trinajstić information content (AvgIpc) is 2.82. The van der Waals surface area contributed by atoms with Gasteiger partial charge in [0.2, 0.25) is 11.8 Å². The minimum atomic E-state index is -0.366. The van der Waals surface area contributed by atoms with E-state index in [1.165, 1.54) is 4.88 Å². The zero-order valence-electron chi connectivity index (χ0n) is 10.7. The highest BCUT2D eigenvalue weighted by Gasteiger charge is 2.34. The van der Waals surface area contributed by atoms with Crippen molar-refractivity contribution in [1.82, 2.24) is 10.2 Å². The number of nitrogens with one attached hydrogen (secondary N) is 1. The Morgan fingerprint density at radius 2 is 2.28 bits per heavy atom. The minimum absolute atomic E-state index is 0.0427. The summed E-state index contributed by atoms with van der Waals surface area (Å²) in [5.41, 5.74) is 0. The first kappa shape index (κ1) is 13.1. The molecule has 0 radical (unpaired) electrons. The molecule has 2 rings (SSSR count). The first-order valence-corrected chi connectivity index (χ1v) is 7.06. The van der Waals surface area contributed by atoms with Crippen LogP contribution in [0.4, 0.5) is 0 Å². The topological polar surface area (TPSA) is 49.4 Å². The second kappa shape index (κ2) is 5.52. The van der Waals surface area contributed by atoms with Crippen LogP contribution in [0.1, 0.15) is 18.7 Å². The molecule has 1 saturated heterocycles. The molecule has 2 amide bonds. The molecule has 1 atom stereocenters. The predicted octanol–water partition coefficient (Wildman–Crippen LogP) is 1.27. The van der Waals surface area contributed by atoms with Gasteiger partial charge in [0, 0.05) is 11.4 Å². The Bertz CT molecular complexity index is 428. The van der Waals surface area contributed by atoms with Crippen LogP contribution < -0.4 is 5.32 Å². The van der Waals surface area contributed by atoms with Gasteiger partial charge in [0.05, 0.1) is 6.54 Å². The third-order valence-electron chi connectivity index (χ3n) is 3.10. The number of amides is 2. The summed E-state index contributed by atoms with van der Waals surface area (Å²) in [6.45, 7) is 4.71. The molecule has 1 unspecified atom stereocenters. The van der Waals surface area contributed by atoms with Gasteiger partial charge in [0.15, 0.2) is 0 Å². The number of carbonyl (C=O) groups is 2. The van der Waals surface area contributed by atoms with Crippen LogP contribution in [0.15, 0.2) is 17.5 Å². The van der Waals surface area contributed by atoms with E-state index < -0.39 is 0 Å². The third-order valence-corrected chi connectivity index (χ3v) is 4.04. The Morgan fingerprint density at radius 3 is 2.89 bits per heavy atom. The van der Waals surface area contributed by atoms with Crippen molar-refractivity contribution >= 4 is 23.2 Å². The standard InChI is InChI=1S/C13H18N2O2S/c1-9(2)12-13(17)15(8-11(16)14-12)6-5-10-4-3-7-18-10/h3-4,7,9,12H,5-6,8H2,1-2H3,(H,14,16). The van der Waals surface area contributed by atoms with E-state index in [9.17, 15) is 9.59 Å². The lowest BCUT2D eigenvalue weighted by molar-refractivity contribution is -0.145. The Kier molecular flexibility index (Phi) is 4.01. The number of carbonyl (C=O) groups excluding carboxylic acids is 2. The van der Waals surface area contributed by atoms with Crippen LogP contribution in [-0.2, 0) is 16.0 Å². The van der Waals surface area contributed by atoms with Crippen LogP contribution in [0, 0.1) is 5.92 Å². The molecule has 1 aromatic heterocycles. The van der Waals surface area contributed by atoms with E-state index >= 15 is 0 Å². The quantitative estimate of drug-likeness (QED) is 0.892. The molecule has 2 heterocycles. The summed E-state index contributed by atoms with van der Waals surface area (Å²) >= 11 is 1.68. The summed E-state index contributed by atoms with van der Waals surface area (Å²) in [6.07, 6.45) is 0.821. The largest absolute Gasteiger partial charge is 0.343 e. The van der Waals surface area contributed by atoms with Crippen molar-refractivity contribution < 1.29 is 9.59 Å². The van der Waals surface area contributed by atoms with Gasteiger partial charge in [-0.3, -0.25) is 9.59 Å². The molecule has 0 aromatic carbocycles. The maximum atomic E-state index is 12.2. The first-order valence-electron chi connectivity index (χ1n) is 6.18. The molecule has 18 heavy (non-hydrogen) atoms. The van der Waals surface area contributed by atoms with E-state index in [0.29, 0.717) is 6.54 Å². The molecule has 0 spiro atoms. The second-order valence-electron chi connectivity index (χ2n) is 4.88. The zero-order valence-corrected chi connectivity index (χ0v) is 11.5. The van der Waals surface area contributed by atoms with Crippen molar-refractivity contribution in [2.24, 2.45) is 5.92 Å². The monoisotopic (exact) mass is 266 g/mol. The lowest BCUT2D eigenvalue weighted by atomic mass is 10.0. The van der Waals surface area contributed by atoms with Gasteiger partial charge in [-0.1, -0.05) is 19.9 Å². The van der Waals surface area contributed by atoms with Gasteiger partial charge in [-0.25, -0.2) is 0 Å². The van der Waals surface area contributed by atoms with Gasteiger partial charge >= 0.3 is 0 Å². The molecule has 5 heteroatoms. The van der Waals surface area contributed by atoms with Crippen molar-refractivity contribution in [3.05, 3.63) is 22.4 Å². The molecule has 1 N–H and O–H groups in total. The van der Waals surface area contributed by atoms with Gasteiger partial charge in [0.1, 0.15) is 6.04 Å². The molecule has 1 fully saturated rings. The van der Waals surface area contributed by atoms with Crippen LogP contribution in [0.3, 0.4) is 0 Å². The van der Waals surface area contributed by atoms with Gasteiger partial charge in [0.25, 0.3) is 0 Å². The maximum absolute atomic E-state index is 12.2. The lowest BCUT2D eigenvalue weighted by Crippen LogP contribution is -2.60. The highest BCUT2D eigenvalue weighted by atomic mass is 32.1. The van der Waals surface area contributed by atoms with Crippen LogP contribution in [-0.4, -0.2) is 35.8 Å². The van der Waals surface area contributed by atoms with Crippen LogP contribution in [0.25, 0.3) is 0 Å². The summed E-state index contributed by atoms with van der Waals surface area (Å²) in [5.74, 6) is 0.117. The normalized spacial score (nSPS) is 20.4. The number of rotatable bonds is 4. The molecule has 98 valence electrons. The van der Waals surface area contributed by atoms with Gasteiger partial charge in [-0.2, -0.15) is 0 Å². The number of hydrogen-bond donors (Lipinski definition) is 1. The molecule has 0 aliphatic carbocycles. The number of thiophene rings is 1. The summed E-state index contributed by atoms with van der Waals surface area (Å²) in [7, 11) is 0. The summed E-state index contributed by atoms with van der Waals surface area (Å²) in [4.78, 5) is 26.7. The van der Waals surface area contributed by atoms with E-state index in [0.717, 1.165) is 6.42 Å². The summed E-state index contributed by atoms with van der Waals surface area (Å²) in [5, 5.41) is 4.79. The van der Waals surface area contributed by atoms with Gasteiger partial charge < -0.3 is 10.2 Å². The maximum Gasteiger partial charge on any atom is 0.245 e. The fraction of sp³-hybridized carbons (Fsp3) is 0.538. The number of nitrogens with zero attached hydrogens (tertiary/aromatic N) is 1. The number of hydrogen-bond acceptors (Lipinski definition) is 3. The van der Waals surface area contributed by atoms with E-state index in [1.807, 2.05) is 25.3 Å². The second-order valence-corrected chi connectivity index (χ2v) is 5.91. The molecule has 0 bridgehead atoms. The van der Waals surface area contributed by atoms with Crippen molar-refractivity contribution in [2.45, 2.75) is 26.3 Å². The molecular formula is C13H18N2O2S. The van der Waals surface area contributed by atoms with Crippen LogP contribution in [0.2, 0.25) is 0 Å². The fourth-order valence-electron chi connectivity index (χ4n) is 2.07. The van der Waals surface area contributed by atoms with Crippen LogP contribution in [0.5, 0.6) is 0 Å². The van der Waals surface area contributed by atoms with Gasteiger partial charge in [-0.05, 0) is 23.8 Å². The predicted molar refractivity (Wildman–Crippen MR) is 71.4 cm³/mol. The Labute approximate surface area is 111 Å². The molecule has 1 aliphatic heterocycles. The molecule has 4 nitrogen and oxygen atoms in total. The summed E-state index contributed by atoms with van der Waals surface area (Å²) < 4.78 is 0. The lowest BCUT2D eigenvalue weighted by Gasteiger charge is -2.34. The van der Waals surface area contributed by atoms with Crippen molar-refractivity contribution in [2.75, 3.05) is 13.1 Å². The Morgan fingerprint density at radius 1 is 1.50 bits per heavy atom. The SMILES string of the molecule is CC(C)C1NC(=O)CN(CCc2cccs2)C1=O. The smallest absolute Gasteiger partial charge is 0.245 e. The molecular weight excluding hydrogens is 248 g/mol. The number of piperazine rings is 1. The molecule has 1 aromatic rings. The first-order chi connectivity index (χ1) is 8.58.